The molecule has 1 heterocycles. The average Bonchev–Trinajstić information content (AvgIpc) is 3.00. The zero-order valence-electron chi connectivity index (χ0n) is 13.4. The van der Waals surface area contributed by atoms with Crippen molar-refractivity contribution in [1.29, 1.82) is 0 Å². The summed E-state index contributed by atoms with van der Waals surface area (Å²) >= 11 is 0. The number of furan rings is 1. The lowest BCUT2D eigenvalue weighted by Crippen LogP contribution is -2.17. The van der Waals surface area contributed by atoms with Crippen LogP contribution in [0.15, 0.2) is 34.0 Å². The number of rotatable bonds is 6. The van der Waals surface area contributed by atoms with Gasteiger partial charge in [-0.2, -0.15) is 5.10 Å². The molecule has 7 nitrogen and oxygen atoms in total. The van der Waals surface area contributed by atoms with Crippen LogP contribution < -0.4 is 19.6 Å². The highest BCUT2D eigenvalue weighted by Crippen LogP contribution is 2.32. The van der Waals surface area contributed by atoms with Crippen LogP contribution in [0.5, 0.6) is 17.2 Å². The molecular weight excluding hydrogens is 300 g/mol. The fourth-order valence-electron chi connectivity index (χ4n) is 2.00. The Morgan fingerprint density at radius 2 is 1.83 bits per heavy atom. The molecule has 1 aromatic heterocycles. The summed E-state index contributed by atoms with van der Waals surface area (Å²) in [6, 6.07) is 4.98. The van der Waals surface area contributed by atoms with Crippen molar-refractivity contribution in [2.75, 3.05) is 21.3 Å². The monoisotopic (exact) mass is 318 g/mol. The zero-order valence-corrected chi connectivity index (χ0v) is 13.4. The van der Waals surface area contributed by atoms with E-state index in [9.17, 15) is 4.79 Å². The molecule has 122 valence electrons. The van der Waals surface area contributed by atoms with E-state index < -0.39 is 0 Å². The van der Waals surface area contributed by atoms with Gasteiger partial charge in [0, 0.05) is 12.1 Å². The number of amides is 1. The standard InChI is InChI=1S/C16H18N2O5/c1-10-12(5-6-23-10)16(19)18-17-9-13-14(21-3)7-11(20-2)8-15(13)22-4/h5-9H,1-4H3,(H,18,19). The summed E-state index contributed by atoms with van der Waals surface area (Å²) in [5, 5.41) is 3.94. The molecule has 2 aromatic rings. The lowest BCUT2D eigenvalue weighted by Gasteiger charge is -2.12. The third-order valence-electron chi connectivity index (χ3n) is 3.22. The number of benzene rings is 1. The second-order valence-electron chi connectivity index (χ2n) is 4.54. The number of methoxy groups -OCH3 is 3. The maximum absolute atomic E-state index is 12.0. The van der Waals surface area contributed by atoms with E-state index in [4.69, 9.17) is 18.6 Å². The van der Waals surface area contributed by atoms with Gasteiger partial charge >= 0.3 is 0 Å². The summed E-state index contributed by atoms with van der Waals surface area (Å²) < 4.78 is 20.9. The van der Waals surface area contributed by atoms with Crippen molar-refractivity contribution in [2.24, 2.45) is 5.10 Å². The second-order valence-corrected chi connectivity index (χ2v) is 4.54. The molecule has 1 aromatic carbocycles. The quantitative estimate of drug-likeness (QED) is 0.653. The molecule has 0 spiro atoms. The molecule has 0 fully saturated rings. The molecule has 7 heteroatoms. The van der Waals surface area contributed by atoms with Gasteiger partial charge in [-0.3, -0.25) is 4.79 Å². The van der Waals surface area contributed by atoms with Gasteiger partial charge in [-0.25, -0.2) is 5.43 Å². The predicted molar refractivity (Wildman–Crippen MR) is 84.6 cm³/mol. The first kappa shape index (κ1) is 16.4. The van der Waals surface area contributed by atoms with E-state index >= 15 is 0 Å². The van der Waals surface area contributed by atoms with Gasteiger partial charge in [0.25, 0.3) is 5.91 Å². The third kappa shape index (κ3) is 3.63. The van der Waals surface area contributed by atoms with Crippen LogP contribution in [0, 0.1) is 6.92 Å². The van der Waals surface area contributed by atoms with Gasteiger partial charge in [0.1, 0.15) is 23.0 Å². The van der Waals surface area contributed by atoms with E-state index in [2.05, 4.69) is 10.5 Å². The molecule has 0 unspecified atom stereocenters. The highest BCUT2D eigenvalue weighted by atomic mass is 16.5. The highest BCUT2D eigenvalue weighted by Gasteiger charge is 2.13. The number of carbonyl (C=O) groups excluding carboxylic acids is 1. The Morgan fingerprint density at radius 1 is 1.17 bits per heavy atom. The first-order chi connectivity index (χ1) is 11.1. The predicted octanol–water partition coefficient (Wildman–Crippen LogP) is 2.38. The van der Waals surface area contributed by atoms with E-state index in [1.807, 2.05) is 0 Å². The lowest BCUT2D eigenvalue weighted by molar-refractivity contribution is 0.0953. The van der Waals surface area contributed by atoms with Crippen LogP contribution in [-0.4, -0.2) is 33.5 Å². The summed E-state index contributed by atoms with van der Waals surface area (Å²) in [7, 11) is 4.60. The van der Waals surface area contributed by atoms with Gasteiger partial charge in [-0.15, -0.1) is 0 Å². The smallest absolute Gasteiger partial charge is 0.274 e. The average molecular weight is 318 g/mol. The number of ether oxygens (including phenoxy) is 3. The van der Waals surface area contributed by atoms with Crippen LogP contribution in [0.2, 0.25) is 0 Å². The second kappa shape index (κ2) is 7.35. The van der Waals surface area contributed by atoms with E-state index in [1.165, 1.54) is 26.7 Å². The number of hydrogen-bond donors (Lipinski definition) is 1. The molecule has 1 amide bonds. The molecule has 0 atom stereocenters. The van der Waals surface area contributed by atoms with Crippen LogP contribution in [0.25, 0.3) is 0 Å². The minimum Gasteiger partial charge on any atom is -0.496 e. The topological polar surface area (TPSA) is 82.3 Å². The number of hydrazone groups is 1. The van der Waals surface area contributed by atoms with Crippen molar-refractivity contribution < 1.29 is 23.4 Å². The van der Waals surface area contributed by atoms with E-state index in [1.54, 1.807) is 32.2 Å². The van der Waals surface area contributed by atoms with Crippen LogP contribution in [0.3, 0.4) is 0 Å². The number of nitrogens with one attached hydrogen (secondary N) is 1. The number of hydrogen-bond acceptors (Lipinski definition) is 6. The van der Waals surface area contributed by atoms with Crippen molar-refractivity contribution in [3.8, 4) is 17.2 Å². The molecule has 0 aliphatic heterocycles. The van der Waals surface area contributed by atoms with Crippen molar-refractivity contribution >= 4 is 12.1 Å². The minimum absolute atomic E-state index is 0.362. The van der Waals surface area contributed by atoms with Crippen molar-refractivity contribution in [3.63, 3.8) is 0 Å². The normalized spacial score (nSPS) is 10.6. The Morgan fingerprint density at radius 3 is 2.30 bits per heavy atom. The van der Waals surface area contributed by atoms with Gasteiger partial charge in [0.15, 0.2) is 0 Å². The summed E-state index contributed by atoms with van der Waals surface area (Å²) in [6.45, 7) is 1.70. The van der Waals surface area contributed by atoms with Crippen LogP contribution >= 0.6 is 0 Å². The maximum Gasteiger partial charge on any atom is 0.274 e. The van der Waals surface area contributed by atoms with Gasteiger partial charge < -0.3 is 18.6 Å². The zero-order chi connectivity index (χ0) is 16.8. The Labute approximate surface area is 133 Å². The van der Waals surface area contributed by atoms with Crippen molar-refractivity contribution in [2.45, 2.75) is 6.92 Å². The minimum atomic E-state index is -0.362. The molecule has 0 saturated heterocycles. The molecular formula is C16H18N2O5. The van der Waals surface area contributed by atoms with E-state index in [0.29, 0.717) is 34.1 Å². The Hall–Kier alpha value is -2.96. The fourth-order valence-corrected chi connectivity index (χ4v) is 2.00. The Bertz CT molecular complexity index is 696. The van der Waals surface area contributed by atoms with Gasteiger partial charge in [0.05, 0.1) is 44.9 Å². The molecule has 23 heavy (non-hydrogen) atoms. The first-order valence-electron chi connectivity index (χ1n) is 6.78. The Kier molecular flexibility index (Phi) is 5.24. The van der Waals surface area contributed by atoms with Crippen LogP contribution in [0.1, 0.15) is 21.7 Å². The number of aryl methyl sites for hydroxylation is 1. The highest BCUT2D eigenvalue weighted by molar-refractivity contribution is 5.96. The van der Waals surface area contributed by atoms with Crippen molar-refractivity contribution in [3.05, 3.63) is 41.3 Å². The largest absolute Gasteiger partial charge is 0.496 e. The van der Waals surface area contributed by atoms with Gasteiger partial charge in [0.2, 0.25) is 0 Å². The molecule has 0 saturated carbocycles. The molecule has 0 aliphatic rings. The van der Waals surface area contributed by atoms with Crippen LogP contribution in [-0.2, 0) is 0 Å². The van der Waals surface area contributed by atoms with Gasteiger partial charge in [-0.1, -0.05) is 0 Å². The third-order valence-corrected chi connectivity index (χ3v) is 3.22. The van der Waals surface area contributed by atoms with Crippen LogP contribution in [0.4, 0.5) is 0 Å². The summed E-state index contributed by atoms with van der Waals surface area (Å²) in [5.74, 6) is 1.78. The van der Waals surface area contributed by atoms with Crippen molar-refractivity contribution in [1.82, 2.24) is 5.43 Å². The number of nitrogens with zero attached hydrogens (tertiary/aromatic N) is 1. The maximum atomic E-state index is 12.0. The lowest BCUT2D eigenvalue weighted by atomic mass is 10.2. The molecule has 2 rings (SSSR count). The summed E-state index contributed by atoms with van der Waals surface area (Å²) in [4.78, 5) is 12.0. The molecule has 0 aliphatic carbocycles. The molecule has 1 N–H and O–H groups in total. The summed E-state index contributed by atoms with van der Waals surface area (Å²) in [5.41, 5.74) is 3.44. The molecule has 0 bridgehead atoms. The SMILES string of the molecule is COc1cc(OC)c(C=NNC(=O)c2ccoc2C)c(OC)c1. The Balaban J connectivity index is 2.22. The number of carbonyl (C=O) groups is 1. The molecule has 0 radical (unpaired) electrons. The van der Waals surface area contributed by atoms with E-state index in [-0.39, 0.29) is 5.91 Å². The van der Waals surface area contributed by atoms with Gasteiger partial charge in [-0.05, 0) is 13.0 Å². The summed E-state index contributed by atoms with van der Waals surface area (Å²) in [6.07, 6.45) is 2.90. The van der Waals surface area contributed by atoms with E-state index in [0.717, 1.165) is 0 Å². The fraction of sp³-hybridized carbons (Fsp3) is 0.250. The first-order valence-corrected chi connectivity index (χ1v) is 6.78.